The predicted molar refractivity (Wildman–Crippen MR) is 216 cm³/mol. The van der Waals surface area contributed by atoms with Crippen molar-refractivity contribution < 1.29 is 4.42 Å². The van der Waals surface area contributed by atoms with Crippen LogP contribution >= 0.6 is 0 Å². The fraction of sp³-hybridized carbons (Fsp3) is 0. The van der Waals surface area contributed by atoms with E-state index < -0.39 is 0 Å². The van der Waals surface area contributed by atoms with Gasteiger partial charge in [-0.15, -0.1) is 10.2 Å². The molecule has 0 atom stereocenters. The lowest BCUT2D eigenvalue weighted by atomic mass is 10.1. The summed E-state index contributed by atoms with van der Waals surface area (Å²) in [7, 11) is 0. The second-order valence-electron chi connectivity index (χ2n) is 13.3. The van der Waals surface area contributed by atoms with Gasteiger partial charge < -0.3 is 4.42 Å². The van der Waals surface area contributed by atoms with E-state index in [2.05, 4.69) is 102 Å². The number of pyridine rings is 4. The minimum Gasteiger partial charge on any atom is -0.416 e. The van der Waals surface area contributed by atoms with E-state index >= 15 is 0 Å². The van der Waals surface area contributed by atoms with Crippen LogP contribution < -0.4 is 0 Å². The van der Waals surface area contributed by atoms with Crippen molar-refractivity contribution in [2.75, 3.05) is 0 Å². The number of hydrogen-bond donors (Lipinski definition) is 0. The van der Waals surface area contributed by atoms with Crippen LogP contribution in [-0.2, 0) is 0 Å². The zero-order valence-corrected chi connectivity index (χ0v) is 29.2. The highest BCUT2D eigenvalue weighted by Crippen LogP contribution is 2.37. The second kappa shape index (κ2) is 12.4. The first-order valence-electron chi connectivity index (χ1n) is 17.9. The molecule has 11 rings (SSSR count). The molecule has 0 amide bonds. The Balaban J connectivity index is 0.984. The van der Waals surface area contributed by atoms with Crippen LogP contribution in [0.5, 0.6) is 0 Å². The molecule has 0 saturated carbocycles. The van der Waals surface area contributed by atoms with Crippen LogP contribution in [0.15, 0.2) is 175 Å². The minimum absolute atomic E-state index is 0.448. The third kappa shape index (κ3) is 5.09. The summed E-state index contributed by atoms with van der Waals surface area (Å²) in [5.74, 6) is 2.55. The van der Waals surface area contributed by atoms with Gasteiger partial charge in [-0.2, -0.15) is 0 Å². The molecule has 0 fully saturated rings. The first-order chi connectivity index (χ1) is 27.3. The van der Waals surface area contributed by atoms with Crippen LogP contribution in [0.25, 0.3) is 101 Å². The van der Waals surface area contributed by atoms with Gasteiger partial charge in [0.25, 0.3) is 0 Å². The maximum atomic E-state index is 6.42. The summed E-state index contributed by atoms with van der Waals surface area (Å²) in [6.45, 7) is 0. The van der Waals surface area contributed by atoms with E-state index in [1.165, 1.54) is 0 Å². The molecule has 7 heterocycles. The summed E-state index contributed by atoms with van der Waals surface area (Å²) in [4.78, 5) is 18.7. The Labute approximate surface area is 313 Å². The van der Waals surface area contributed by atoms with E-state index in [-0.39, 0.29) is 0 Å². The molecule has 0 N–H and O–H groups in total. The topological polar surface area (TPSA) is 100 Å². The Bertz CT molecular complexity index is 3000. The number of aromatic nitrogens is 8. The number of nitrogens with zero attached hydrogens (tertiary/aromatic N) is 8. The fourth-order valence-electron chi connectivity index (χ4n) is 7.61. The molecule has 0 aliphatic heterocycles. The van der Waals surface area contributed by atoms with Crippen molar-refractivity contribution in [3.8, 4) is 57.1 Å². The number of rotatable bonds is 6. The number of para-hydroxylation sites is 2. The molecule has 0 aliphatic carbocycles. The average Bonchev–Trinajstić information content (AvgIpc) is 3.97. The van der Waals surface area contributed by atoms with E-state index in [1.807, 2.05) is 85.2 Å². The van der Waals surface area contributed by atoms with Crippen molar-refractivity contribution in [1.29, 1.82) is 0 Å². The van der Waals surface area contributed by atoms with Crippen molar-refractivity contribution in [1.82, 2.24) is 39.3 Å². The number of benzene rings is 4. The van der Waals surface area contributed by atoms with Crippen LogP contribution in [0.1, 0.15) is 0 Å². The third-order valence-electron chi connectivity index (χ3n) is 10.1. The third-order valence-corrected chi connectivity index (χ3v) is 10.1. The normalized spacial score (nSPS) is 11.6. The highest BCUT2D eigenvalue weighted by molar-refractivity contribution is 6.11. The molecule has 0 saturated heterocycles. The first-order valence-corrected chi connectivity index (χ1v) is 17.9. The monoisotopic (exact) mass is 708 g/mol. The smallest absolute Gasteiger partial charge is 0.248 e. The average molecular weight is 709 g/mol. The van der Waals surface area contributed by atoms with E-state index in [4.69, 9.17) is 14.4 Å². The van der Waals surface area contributed by atoms with Crippen LogP contribution in [0.2, 0.25) is 0 Å². The fourth-order valence-corrected chi connectivity index (χ4v) is 7.61. The van der Waals surface area contributed by atoms with Crippen molar-refractivity contribution in [3.63, 3.8) is 0 Å². The van der Waals surface area contributed by atoms with E-state index in [0.29, 0.717) is 11.8 Å². The van der Waals surface area contributed by atoms with Gasteiger partial charge >= 0.3 is 0 Å². The highest BCUT2D eigenvalue weighted by Gasteiger charge is 2.19. The van der Waals surface area contributed by atoms with E-state index in [1.54, 1.807) is 12.4 Å². The van der Waals surface area contributed by atoms with Crippen molar-refractivity contribution in [2.45, 2.75) is 0 Å². The maximum absolute atomic E-state index is 6.42. The molecular weight excluding hydrogens is 681 g/mol. The molecule has 258 valence electrons. The van der Waals surface area contributed by atoms with Crippen molar-refractivity contribution in [2.24, 2.45) is 0 Å². The van der Waals surface area contributed by atoms with Gasteiger partial charge in [-0.25, -0.2) is 9.97 Å². The van der Waals surface area contributed by atoms with Crippen LogP contribution in [0, 0.1) is 0 Å². The molecule has 0 aliphatic rings. The lowest BCUT2D eigenvalue weighted by Crippen LogP contribution is -1.98. The van der Waals surface area contributed by atoms with Crippen LogP contribution in [0.4, 0.5) is 0 Å². The first kappa shape index (κ1) is 30.8. The SMILES string of the molecule is c1cncc(-c2cccc(-n3c4ccccc4c4cc(-c5nnc(-c6ccc7c(c6)c6ccccc6n7-c6cccc(-c7cccnc7)n6)o5)ccc43)n2)c1. The van der Waals surface area contributed by atoms with Gasteiger partial charge in [0, 0.05) is 68.6 Å². The van der Waals surface area contributed by atoms with Crippen molar-refractivity contribution >= 4 is 43.6 Å². The number of hydrogen-bond acceptors (Lipinski definition) is 7. The van der Waals surface area contributed by atoms with E-state index in [9.17, 15) is 0 Å². The van der Waals surface area contributed by atoms with Gasteiger partial charge in [0.1, 0.15) is 11.6 Å². The molecule has 9 nitrogen and oxygen atoms in total. The molecule has 11 aromatic rings. The molecular formula is C46H28N8O. The van der Waals surface area contributed by atoms with Crippen LogP contribution in [0.3, 0.4) is 0 Å². The Hall–Kier alpha value is -7.78. The van der Waals surface area contributed by atoms with Gasteiger partial charge in [-0.1, -0.05) is 48.5 Å². The van der Waals surface area contributed by atoms with Gasteiger partial charge in [0.05, 0.1) is 33.5 Å². The quantitative estimate of drug-likeness (QED) is 0.169. The lowest BCUT2D eigenvalue weighted by Gasteiger charge is -2.09. The second-order valence-corrected chi connectivity index (χ2v) is 13.3. The standard InChI is InChI=1S/C46H28N8O/c1-3-15-39-33(11-1)35-25-29(19-21-41(35)53(39)43-17-5-13-37(49-43)31-9-7-23-47-27-31)45-51-52-46(55-45)30-20-22-42-36(26-30)34-12-2-4-16-40(34)54(42)44-18-6-14-38(50-44)32-10-8-24-48-28-32/h1-28H. The summed E-state index contributed by atoms with van der Waals surface area (Å²) in [5, 5.41) is 13.4. The lowest BCUT2D eigenvalue weighted by molar-refractivity contribution is 0.585. The molecule has 7 aromatic heterocycles. The minimum atomic E-state index is 0.448. The zero-order chi connectivity index (χ0) is 36.3. The number of fused-ring (bicyclic) bond motifs is 6. The largest absolute Gasteiger partial charge is 0.416 e. The van der Waals surface area contributed by atoms with Gasteiger partial charge in [-0.05, 0) is 97.1 Å². The summed E-state index contributed by atoms with van der Waals surface area (Å²) in [6, 6.07) is 49.3. The zero-order valence-electron chi connectivity index (χ0n) is 29.2. The Kier molecular flexibility index (Phi) is 6.96. The highest BCUT2D eigenvalue weighted by atomic mass is 16.4. The molecule has 0 unspecified atom stereocenters. The summed E-state index contributed by atoms with van der Waals surface area (Å²) < 4.78 is 10.8. The maximum Gasteiger partial charge on any atom is 0.248 e. The van der Waals surface area contributed by atoms with E-state index in [0.717, 1.165) is 88.9 Å². The predicted octanol–water partition coefficient (Wildman–Crippen LogP) is 10.5. The molecule has 0 spiro atoms. The molecule has 4 aromatic carbocycles. The molecule has 9 heteroatoms. The molecule has 0 bridgehead atoms. The summed E-state index contributed by atoms with van der Waals surface area (Å²) >= 11 is 0. The Morgan fingerprint density at radius 2 is 0.855 bits per heavy atom. The Morgan fingerprint density at radius 3 is 1.33 bits per heavy atom. The Morgan fingerprint density at radius 1 is 0.382 bits per heavy atom. The summed E-state index contributed by atoms with van der Waals surface area (Å²) in [6.07, 6.45) is 7.21. The molecule has 0 radical (unpaired) electrons. The molecule has 55 heavy (non-hydrogen) atoms. The van der Waals surface area contributed by atoms with Gasteiger partial charge in [0.15, 0.2) is 0 Å². The summed E-state index contributed by atoms with van der Waals surface area (Å²) in [5.41, 5.74) is 9.51. The van der Waals surface area contributed by atoms with Gasteiger partial charge in [-0.3, -0.25) is 19.1 Å². The van der Waals surface area contributed by atoms with Crippen LogP contribution in [-0.4, -0.2) is 39.3 Å². The van der Waals surface area contributed by atoms with Gasteiger partial charge in [0.2, 0.25) is 11.8 Å². The van der Waals surface area contributed by atoms with Crippen molar-refractivity contribution in [3.05, 3.63) is 170 Å².